The molecule has 206 valence electrons. The third kappa shape index (κ3) is 3.63. The van der Waals surface area contributed by atoms with Crippen molar-refractivity contribution < 1.29 is 23.9 Å². The number of carbonyl (C=O) groups is 4. The second-order valence-corrected chi connectivity index (χ2v) is 11.7. The van der Waals surface area contributed by atoms with Crippen LogP contribution in [0.4, 0.5) is 5.69 Å². The first-order valence-electron chi connectivity index (χ1n) is 13.7. The third-order valence-corrected chi connectivity index (χ3v) is 9.12. The lowest BCUT2D eigenvalue weighted by atomic mass is 9.64. The number of halogens is 1. The first-order valence-corrected chi connectivity index (χ1v) is 14.4. The van der Waals surface area contributed by atoms with E-state index in [0.29, 0.717) is 27.9 Å². The van der Waals surface area contributed by atoms with Crippen LogP contribution in [0.5, 0.6) is 5.75 Å². The average molecular weight is 618 g/mol. The average Bonchev–Trinajstić information content (AvgIpc) is 3.43. The summed E-state index contributed by atoms with van der Waals surface area (Å²) in [5, 5.41) is 0. The first kappa shape index (κ1) is 26.3. The zero-order valence-electron chi connectivity index (χ0n) is 22.5. The van der Waals surface area contributed by atoms with Crippen molar-refractivity contribution in [3.8, 4) is 5.75 Å². The molecule has 2 aliphatic heterocycles. The summed E-state index contributed by atoms with van der Waals surface area (Å²) in [4.78, 5) is 58.2. The molecule has 0 amide bonds. The lowest BCUT2D eigenvalue weighted by molar-refractivity contribution is -0.131. The number of Topliss-reactive ketones (excluding diaryl/α,β-unsaturated/α-hetero) is 3. The highest BCUT2D eigenvalue weighted by molar-refractivity contribution is 9.10. The van der Waals surface area contributed by atoms with Gasteiger partial charge in [-0.05, 0) is 23.8 Å². The van der Waals surface area contributed by atoms with E-state index in [4.69, 9.17) is 4.74 Å². The minimum absolute atomic E-state index is 0.235. The molecule has 6 nitrogen and oxygen atoms in total. The molecule has 0 radical (unpaired) electrons. The standard InChI is InChI=1S/C35H24BrNO5/c1-20(38)42-27-13-7-10-22-16-19-28-35(33(40)25-11-5-6-12-26(25)34(35)41)29(21-14-17-24(36)18-15-21)31(37(28)30(22)27)32(39)23-8-3-2-4-9-23/h2-19,28-29,31H,1H3/t28?,29-,31+/m0/s1. The molecule has 2 heterocycles. The van der Waals surface area contributed by atoms with Crippen LogP contribution in [0.1, 0.15) is 55.0 Å². The number of para-hydroxylation sites is 1. The van der Waals surface area contributed by atoms with Gasteiger partial charge >= 0.3 is 5.97 Å². The number of esters is 1. The van der Waals surface area contributed by atoms with Gasteiger partial charge in [-0.15, -0.1) is 0 Å². The van der Waals surface area contributed by atoms with E-state index in [1.165, 1.54) is 6.92 Å². The van der Waals surface area contributed by atoms with E-state index in [1.54, 1.807) is 60.7 Å². The van der Waals surface area contributed by atoms with Crippen molar-refractivity contribution in [3.63, 3.8) is 0 Å². The summed E-state index contributed by atoms with van der Waals surface area (Å²) in [6, 6.07) is 26.7. The molecule has 7 rings (SSSR count). The number of ketones is 3. The van der Waals surface area contributed by atoms with Crippen LogP contribution in [0.2, 0.25) is 0 Å². The van der Waals surface area contributed by atoms with Crippen molar-refractivity contribution in [2.45, 2.75) is 24.9 Å². The number of carbonyl (C=O) groups excluding carboxylic acids is 4. The molecule has 7 heteroatoms. The minimum Gasteiger partial charge on any atom is -0.424 e. The molecule has 1 aliphatic carbocycles. The van der Waals surface area contributed by atoms with E-state index in [-0.39, 0.29) is 23.1 Å². The van der Waals surface area contributed by atoms with Gasteiger partial charge in [0.2, 0.25) is 0 Å². The number of hydrogen-bond donors (Lipinski definition) is 0. The van der Waals surface area contributed by atoms with Gasteiger partial charge in [-0.25, -0.2) is 0 Å². The summed E-state index contributed by atoms with van der Waals surface area (Å²) < 4.78 is 6.51. The number of ether oxygens (including phenoxy) is 1. The van der Waals surface area contributed by atoms with Crippen molar-refractivity contribution in [2.24, 2.45) is 5.41 Å². The van der Waals surface area contributed by atoms with Crippen LogP contribution in [0, 0.1) is 5.41 Å². The Morgan fingerprint density at radius 1 is 0.810 bits per heavy atom. The van der Waals surface area contributed by atoms with E-state index < -0.39 is 29.4 Å². The number of anilines is 1. The Hall–Kier alpha value is -4.62. The Balaban J connectivity index is 1.57. The van der Waals surface area contributed by atoms with E-state index in [2.05, 4.69) is 15.9 Å². The van der Waals surface area contributed by atoms with Gasteiger partial charge in [0.25, 0.3) is 0 Å². The minimum atomic E-state index is -1.63. The summed E-state index contributed by atoms with van der Waals surface area (Å²) in [7, 11) is 0. The molecule has 4 aromatic rings. The summed E-state index contributed by atoms with van der Waals surface area (Å²) in [6.07, 6.45) is 3.70. The molecule has 3 aliphatic rings. The fourth-order valence-corrected chi connectivity index (χ4v) is 7.30. The van der Waals surface area contributed by atoms with Crippen LogP contribution in [0.3, 0.4) is 0 Å². The topological polar surface area (TPSA) is 80.8 Å². The molecule has 0 saturated carbocycles. The molecule has 1 fully saturated rings. The van der Waals surface area contributed by atoms with Crippen LogP contribution >= 0.6 is 15.9 Å². The molecule has 1 saturated heterocycles. The monoisotopic (exact) mass is 617 g/mol. The molecule has 0 aromatic heterocycles. The number of hydrogen-bond acceptors (Lipinski definition) is 6. The number of benzene rings is 4. The maximum absolute atomic E-state index is 14.7. The number of rotatable bonds is 4. The zero-order valence-corrected chi connectivity index (χ0v) is 24.1. The molecule has 42 heavy (non-hydrogen) atoms. The van der Waals surface area contributed by atoms with Gasteiger partial charge < -0.3 is 9.64 Å². The Morgan fingerprint density at radius 3 is 2.10 bits per heavy atom. The maximum atomic E-state index is 14.7. The highest BCUT2D eigenvalue weighted by Gasteiger charge is 2.71. The number of fused-ring (bicyclic) bond motifs is 5. The normalized spacial score (nSPS) is 21.2. The van der Waals surface area contributed by atoms with Gasteiger partial charge in [0.1, 0.15) is 11.5 Å². The molecular formula is C35H24BrNO5. The van der Waals surface area contributed by atoms with Gasteiger partial charge in [-0.3, -0.25) is 19.2 Å². The summed E-state index contributed by atoms with van der Waals surface area (Å²) in [6.45, 7) is 1.32. The van der Waals surface area contributed by atoms with Crippen molar-refractivity contribution in [3.05, 3.63) is 135 Å². The molecule has 0 N–H and O–H groups in total. The van der Waals surface area contributed by atoms with E-state index in [9.17, 15) is 19.2 Å². The highest BCUT2D eigenvalue weighted by atomic mass is 79.9. The lowest BCUT2D eigenvalue weighted by Crippen LogP contribution is -2.48. The predicted octanol–water partition coefficient (Wildman–Crippen LogP) is 6.69. The van der Waals surface area contributed by atoms with Gasteiger partial charge in [0.05, 0.1) is 11.7 Å². The quantitative estimate of drug-likeness (QED) is 0.110. The van der Waals surface area contributed by atoms with E-state index >= 15 is 0 Å². The van der Waals surface area contributed by atoms with Crippen LogP contribution in [0.15, 0.2) is 108 Å². The molecule has 1 spiro atoms. The Bertz CT molecular complexity index is 1790. The molecule has 4 aromatic carbocycles. The third-order valence-electron chi connectivity index (χ3n) is 8.60. The summed E-state index contributed by atoms with van der Waals surface area (Å²) in [5.41, 5.74) is 1.44. The summed E-state index contributed by atoms with van der Waals surface area (Å²) >= 11 is 3.50. The molecule has 3 atom stereocenters. The van der Waals surface area contributed by atoms with Crippen molar-refractivity contribution in [1.82, 2.24) is 0 Å². The lowest BCUT2D eigenvalue weighted by Gasteiger charge is -2.37. The Labute approximate surface area is 250 Å². The second-order valence-electron chi connectivity index (χ2n) is 10.8. The second kappa shape index (κ2) is 9.74. The maximum Gasteiger partial charge on any atom is 0.308 e. The smallest absolute Gasteiger partial charge is 0.308 e. The van der Waals surface area contributed by atoms with Gasteiger partial charge in [-0.2, -0.15) is 0 Å². The predicted molar refractivity (Wildman–Crippen MR) is 162 cm³/mol. The van der Waals surface area contributed by atoms with Gasteiger partial charge in [0.15, 0.2) is 23.1 Å². The molecule has 0 bridgehead atoms. The van der Waals surface area contributed by atoms with Gasteiger partial charge in [0, 0.05) is 39.6 Å². The van der Waals surface area contributed by atoms with Crippen LogP contribution < -0.4 is 9.64 Å². The summed E-state index contributed by atoms with van der Waals surface area (Å²) in [5.74, 6) is -1.96. The SMILES string of the molecule is CC(=O)Oc1cccc2c1N1C(C=C2)C2(C(=O)c3ccccc3C2=O)[C@@H](c2ccc(Br)cc2)[C@@H]1C(=O)c1ccccc1. The van der Waals surface area contributed by atoms with Crippen LogP contribution in [0.25, 0.3) is 6.08 Å². The van der Waals surface area contributed by atoms with E-state index in [1.807, 2.05) is 53.5 Å². The fraction of sp³-hybridized carbons (Fsp3) is 0.143. The Morgan fingerprint density at radius 2 is 1.45 bits per heavy atom. The van der Waals surface area contributed by atoms with Crippen molar-refractivity contribution in [1.29, 1.82) is 0 Å². The highest BCUT2D eigenvalue weighted by Crippen LogP contribution is 2.62. The van der Waals surface area contributed by atoms with Crippen LogP contribution in [-0.4, -0.2) is 35.4 Å². The fourth-order valence-electron chi connectivity index (χ4n) is 7.04. The molecule has 1 unspecified atom stereocenters. The Kier molecular flexibility index (Phi) is 6.10. The van der Waals surface area contributed by atoms with Crippen molar-refractivity contribution >= 4 is 51.0 Å². The first-order chi connectivity index (χ1) is 20.3. The number of nitrogens with zero attached hydrogens (tertiary/aromatic N) is 1. The molecular weight excluding hydrogens is 594 g/mol. The zero-order chi connectivity index (χ0) is 29.2. The van der Waals surface area contributed by atoms with Crippen molar-refractivity contribution in [2.75, 3.05) is 4.90 Å². The van der Waals surface area contributed by atoms with Crippen LogP contribution in [-0.2, 0) is 4.79 Å². The van der Waals surface area contributed by atoms with E-state index in [0.717, 1.165) is 10.0 Å². The largest absolute Gasteiger partial charge is 0.424 e. The van der Waals surface area contributed by atoms with Gasteiger partial charge in [-0.1, -0.05) is 107 Å².